The van der Waals surface area contributed by atoms with Gasteiger partial charge in [0.2, 0.25) is 5.91 Å². The normalized spacial score (nSPS) is 26.0. The molecule has 1 amide bonds. The van der Waals surface area contributed by atoms with E-state index in [1.54, 1.807) is 6.20 Å². The van der Waals surface area contributed by atoms with Crippen LogP contribution in [0.5, 0.6) is 0 Å². The Morgan fingerprint density at radius 2 is 1.80 bits per heavy atom. The summed E-state index contributed by atoms with van der Waals surface area (Å²) in [5.41, 5.74) is 1.20. The summed E-state index contributed by atoms with van der Waals surface area (Å²) in [7, 11) is 0. The number of hydrogen-bond acceptors (Lipinski definition) is 4. The maximum atomic E-state index is 12.6. The van der Waals surface area contributed by atoms with Crippen molar-refractivity contribution in [2.24, 2.45) is 11.8 Å². The smallest absolute Gasteiger partial charge is 0.236 e. The van der Waals surface area contributed by atoms with Crippen molar-refractivity contribution in [3.8, 4) is 0 Å². The number of carbonyl (C=O) groups is 1. The molecule has 5 nitrogen and oxygen atoms in total. The number of likely N-dealkylation sites (tertiary alicyclic amines) is 1. The summed E-state index contributed by atoms with van der Waals surface area (Å²) in [6.45, 7) is 11.7. The van der Waals surface area contributed by atoms with Gasteiger partial charge in [-0.05, 0) is 36.0 Å². The largest absolute Gasteiger partial charge is 0.341 e. The molecule has 138 valence electrons. The van der Waals surface area contributed by atoms with E-state index in [1.807, 2.05) is 12.1 Å². The van der Waals surface area contributed by atoms with E-state index >= 15 is 0 Å². The van der Waals surface area contributed by atoms with Crippen molar-refractivity contribution in [1.29, 1.82) is 0 Å². The molecule has 25 heavy (non-hydrogen) atoms. The molecule has 0 bridgehead atoms. The second-order valence-electron chi connectivity index (χ2n) is 7.78. The molecule has 0 N–H and O–H groups in total. The van der Waals surface area contributed by atoms with Crippen molar-refractivity contribution in [3.05, 3.63) is 29.0 Å². The van der Waals surface area contributed by atoms with Crippen LogP contribution < -0.4 is 0 Å². The van der Waals surface area contributed by atoms with Crippen molar-refractivity contribution in [1.82, 2.24) is 19.7 Å². The van der Waals surface area contributed by atoms with Gasteiger partial charge in [0.25, 0.3) is 0 Å². The molecule has 3 heterocycles. The summed E-state index contributed by atoms with van der Waals surface area (Å²) in [5.74, 6) is 1.54. The van der Waals surface area contributed by atoms with Gasteiger partial charge >= 0.3 is 0 Å². The lowest BCUT2D eigenvalue weighted by atomic mass is 9.92. The van der Waals surface area contributed by atoms with Crippen LogP contribution in [0.4, 0.5) is 0 Å². The van der Waals surface area contributed by atoms with Crippen LogP contribution in [0.25, 0.3) is 0 Å². The fourth-order valence-electron chi connectivity index (χ4n) is 4.06. The maximum absolute atomic E-state index is 12.6. The molecule has 2 fully saturated rings. The minimum atomic E-state index is 0.299. The molecule has 0 unspecified atom stereocenters. The van der Waals surface area contributed by atoms with Gasteiger partial charge in [0.05, 0.1) is 6.54 Å². The van der Waals surface area contributed by atoms with Crippen LogP contribution in [0.1, 0.15) is 25.8 Å². The van der Waals surface area contributed by atoms with E-state index in [2.05, 4.69) is 33.5 Å². The number of piperazine rings is 1. The Morgan fingerprint density at radius 3 is 2.44 bits per heavy atom. The molecule has 0 saturated carbocycles. The quantitative estimate of drug-likeness (QED) is 0.769. The Kier molecular flexibility index (Phi) is 6.31. The Hall–Kier alpha value is -1.17. The van der Waals surface area contributed by atoms with Gasteiger partial charge in [-0.2, -0.15) is 0 Å². The van der Waals surface area contributed by atoms with Crippen LogP contribution in [0.2, 0.25) is 5.15 Å². The molecule has 1 aromatic rings. The van der Waals surface area contributed by atoms with Gasteiger partial charge < -0.3 is 4.90 Å². The lowest BCUT2D eigenvalue weighted by molar-refractivity contribution is -0.135. The number of rotatable bonds is 4. The minimum Gasteiger partial charge on any atom is -0.341 e. The Morgan fingerprint density at radius 1 is 1.16 bits per heavy atom. The van der Waals surface area contributed by atoms with Crippen LogP contribution >= 0.6 is 11.6 Å². The SMILES string of the molecule is C[C@@H]1C[C@H](C)CN(C(=O)CN2CCN(Cc3ccnc(Cl)c3)CC2)C1. The monoisotopic (exact) mass is 364 g/mol. The number of amides is 1. The summed E-state index contributed by atoms with van der Waals surface area (Å²) >= 11 is 5.96. The van der Waals surface area contributed by atoms with Crippen molar-refractivity contribution < 1.29 is 4.79 Å². The van der Waals surface area contributed by atoms with Gasteiger partial charge in [-0.15, -0.1) is 0 Å². The highest BCUT2D eigenvalue weighted by atomic mass is 35.5. The van der Waals surface area contributed by atoms with E-state index in [1.165, 1.54) is 12.0 Å². The number of nitrogens with zero attached hydrogens (tertiary/aromatic N) is 4. The third-order valence-electron chi connectivity index (χ3n) is 5.24. The summed E-state index contributed by atoms with van der Waals surface area (Å²) in [6, 6.07) is 3.94. The molecule has 3 rings (SSSR count). The third kappa shape index (κ3) is 5.40. The predicted molar refractivity (Wildman–Crippen MR) is 100 cm³/mol. The first-order valence-electron chi connectivity index (χ1n) is 9.32. The fourth-order valence-corrected chi connectivity index (χ4v) is 4.26. The topological polar surface area (TPSA) is 39.7 Å². The molecular weight excluding hydrogens is 336 g/mol. The van der Waals surface area contributed by atoms with E-state index in [4.69, 9.17) is 11.6 Å². The van der Waals surface area contributed by atoms with Crippen LogP contribution in [-0.4, -0.2) is 71.4 Å². The second kappa shape index (κ2) is 8.47. The Labute approximate surface area is 155 Å². The molecule has 6 heteroatoms. The average molecular weight is 365 g/mol. The van der Waals surface area contributed by atoms with E-state index in [0.29, 0.717) is 29.4 Å². The summed E-state index contributed by atoms with van der Waals surface area (Å²) in [6.07, 6.45) is 2.99. The number of aromatic nitrogens is 1. The first kappa shape index (κ1) is 18.6. The number of pyridine rings is 1. The predicted octanol–water partition coefficient (Wildman–Crippen LogP) is 2.36. The maximum Gasteiger partial charge on any atom is 0.236 e. The molecule has 2 aliphatic heterocycles. The fraction of sp³-hybridized carbons (Fsp3) is 0.684. The van der Waals surface area contributed by atoms with Crippen LogP contribution in [0.3, 0.4) is 0 Å². The first-order chi connectivity index (χ1) is 12.0. The number of carbonyl (C=O) groups excluding carboxylic acids is 1. The lowest BCUT2D eigenvalue weighted by Crippen LogP contribution is -2.51. The number of piperidine rings is 1. The molecule has 1 aromatic heterocycles. The number of hydrogen-bond donors (Lipinski definition) is 0. The zero-order valence-corrected chi connectivity index (χ0v) is 16.1. The highest BCUT2D eigenvalue weighted by molar-refractivity contribution is 6.29. The molecule has 0 aliphatic carbocycles. The molecule has 0 spiro atoms. The molecule has 0 radical (unpaired) electrons. The average Bonchev–Trinajstić information content (AvgIpc) is 2.56. The van der Waals surface area contributed by atoms with Crippen LogP contribution in [0, 0.1) is 11.8 Å². The molecule has 2 aliphatic rings. The highest BCUT2D eigenvalue weighted by Crippen LogP contribution is 2.21. The van der Waals surface area contributed by atoms with Crippen LogP contribution in [0.15, 0.2) is 18.3 Å². The standard InChI is InChI=1S/C19H29ClN4O/c1-15-9-16(2)12-24(11-15)19(25)14-23-7-5-22(6-8-23)13-17-3-4-21-18(20)10-17/h3-4,10,15-16H,5-9,11-14H2,1-2H3/t15-,16+. The second-order valence-corrected chi connectivity index (χ2v) is 8.17. The van der Waals surface area contributed by atoms with Crippen molar-refractivity contribution >= 4 is 17.5 Å². The molecular formula is C19H29ClN4O. The van der Waals surface area contributed by atoms with Gasteiger partial charge in [-0.25, -0.2) is 4.98 Å². The summed E-state index contributed by atoms with van der Waals surface area (Å²) in [5, 5.41) is 0.548. The summed E-state index contributed by atoms with van der Waals surface area (Å²) < 4.78 is 0. The van der Waals surface area contributed by atoms with Crippen molar-refractivity contribution in [2.45, 2.75) is 26.8 Å². The molecule has 2 atom stereocenters. The van der Waals surface area contributed by atoms with Gasteiger partial charge in [-0.3, -0.25) is 14.6 Å². The minimum absolute atomic E-state index is 0.299. The van der Waals surface area contributed by atoms with Crippen LogP contribution in [-0.2, 0) is 11.3 Å². The van der Waals surface area contributed by atoms with Gasteiger partial charge in [0.1, 0.15) is 5.15 Å². The lowest BCUT2D eigenvalue weighted by Gasteiger charge is -2.38. The van der Waals surface area contributed by atoms with Crippen molar-refractivity contribution in [3.63, 3.8) is 0 Å². The zero-order valence-electron chi connectivity index (χ0n) is 15.3. The van der Waals surface area contributed by atoms with Crippen molar-refractivity contribution in [2.75, 3.05) is 45.8 Å². The van der Waals surface area contributed by atoms with E-state index in [0.717, 1.165) is 45.8 Å². The number of halogens is 1. The third-order valence-corrected chi connectivity index (χ3v) is 5.45. The van der Waals surface area contributed by atoms with E-state index in [-0.39, 0.29) is 0 Å². The van der Waals surface area contributed by atoms with E-state index in [9.17, 15) is 4.79 Å². The highest BCUT2D eigenvalue weighted by Gasteiger charge is 2.27. The molecule has 2 saturated heterocycles. The summed E-state index contributed by atoms with van der Waals surface area (Å²) in [4.78, 5) is 23.4. The zero-order chi connectivity index (χ0) is 17.8. The van der Waals surface area contributed by atoms with Gasteiger partial charge in [0.15, 0.2) is 0 Å². The van der Waals surface area contributed by atoms with E-state index < -0.39 is 0 Å². The first-order valence-corrected chi connectivity index (χ1v) is 9.70. The Bertz CT molecular complexity index is 579. The van der Waals surface area contributed by atoms with Gasteiger partial charge in [0, 0.05) is 52.0 Å². The van der Waals surface area contributed by atoms with Gasteiger partial charge in [-0.1, -0.05) is 25.4 Å². The molecule has 0 aromatic carbocycles. The Balaban J connectivity index is 1.43.